The summed E-state index contributed by atoms with van der Waals surface area (Å²) in [5.41, 5.74) is 15.7. The Balaban J connectivity index is 1.26. The van der Waals surface area contributed by atoms with Gasteiger partial charge in [-0.05, 0) is 140 Å². The molecule has 8 rings (SSSR count). The number of anilines is 6. The van der Waals surface area contributed by atoms with Crippen LogP contribution in [0.25, 0.3) is 33.1 Å². The lowest BCUT2D eigenvalue weighted by atomic mass is 10.0. The maximum absolute atomic E-state index is 6.44. The van der Waals surface area contributed by atoms with Crippen LogP contribution in [-0.4, -0.2) is 0 Å². The zero-order chi connectivity index (χ0) is 33.5. The van der Waals surface area contributed by atoms with E-state index >= 15 is 0 Å². The zero-order valence-electron chi connectivity index (χ0n) is 28.3. The zero-order valence-corrected chi connectivity index (χ0v) is 28.3. The van der Waals surface area contributed by atoms with Gasteiger partial charge in [-0.1, -0.05) is 78.4 Å². The molecule has 0 aliphatic rings. The van der Waals surface area contributed by atoms with E-state index in [0.717, 1.165) is 56.1 Å². The van der Waals surface area contributed by atoms with Gasteiger partial charge >= 0.3 is 0 Å². The molecule has 0 fully saturated rings. The molecule has 3 nitrogen and oxygen atoms in total. The third-order valence-electron chi connectivity index (χ3n) is 9.24. The highest BCUT2D eigenvalue weighted by molar-refractivity contribution is 6.08. The van der Waals surface area contributed by atoms with Crippen molar-refractivity contribution in [1.82, 2.24) is 0 Å². The predicted octanol–water partition coefficient (Wildman–Crippen LogP) is 13.4. The van der Waals surface area contributed by atoms with Gasteiger partial charge in [0.25, 0.3) is 0 Å². The fourth-order valence-electron chi connectivity index (χ4n) is 6.78. The first-order valence-corrected chi connectivity index (χ1v) is 16.8. The number of nitrogens with zero attached hydrogens (tertiary/aromatic N) is 2. The molecule has 3 heteroatoms. The lowest BCUT2D eigenvalue weighted by Gasteiger charge is -2.26. The number of fused-ring (bicyclic) bond motifs is 3. The second-order valence-corrected chi connectivity index (χ2v) is 13.1. The number of hydrogen-bond acceptors (Lipinski definition) is 3. The molecule has 0 radical (unpaired) electrons. The van der Waals surface area contributed by atoms with Crippen molar-refractivity contribution in [1.29, 1.82) is 0 Å². The molecular formula is C46H38N2O. The fourth-order valence-corrected chi connectivity index (χ4v) is 6.78. The Labute approximate surface area is 288 Å². The van der Waals surface area contributed by atoms with Gasteiger partial charge in [0.2, 0.25) is 0 Å². The Kier molecular flexibility index (Phi) is 7.74. The Morgan fingerprint density at radius 3 is 1.12 bits per heavy atom. The minimum absolute atomic E-state index is 0.868. The van der Waals surface area contributed by atoms with Crippen LogP contribution in [-0.2, 0) is 0 Å². The minimum Gasteiger partial charge on any atom is -0.456 e. The highest BCUT2D eigenvalue weighted by Gasteiger charge is 2.18. The molecule has 0 aliphatic heterocycles. The molecular weight excluding hydrogens is 597 g/mol. The monoisotopic (exact) mass is 634 g/mol. The van der Waals surface area contributed by atoms with Crippen LogP contribution in [0.1, 0.15) is 22.3 Å². The van der Waals surface area contributed by atoms with Gasteiger partial charge in [0.1, 0.15) is 11.2 Å². The molecule has 0 aliphatic carbocycles. The van der Waals surface area contributed by atoms with E-state index in [1.807, 2.05) is 0 Å². The van der Waals surface area contributed by atoms with Gasteiger partial charge < -0.3 is 14.2 Å². The quantitative estimate of drug-likeness (QED) is 0.174. The smallest absolute Gasteiger partial charge is 0.135 e. The molecule has 0 saturated heterocycles. The van der Waals surface area contributed by atoms with Crippen LogP contribution in [0.4, 0.5) is 34.1 Å². The first-order valence-electron chi connectivity index (χ1n) is 16.8. The molecule has 0 bridgehead atoms. The van der Waals surface area contributed by atoms with Crippen LogP contribution in [0.15, 0.2) is 162 Å². The van der Waals surface area contributed by atoms with Crippen LogP contribution in [0, 0.1) is 27.7 Å². The fraction of sp³-hybridized carbons (Fsp3) is 0.0870. The van der Waals surface area contributed by atoms with Crippen molar-refractivity contribution >= 4 is 56.1 Å². The van der Waals surface area contributed by atoms with Crippen molar-refractivity contribution in [2.45, 2.75) is 27.7 Å². The lowest BCUT2D eigenvalue weighted by Crippen LogP contribution is -2.10. The van der Waals surface area contributed by atoms with Gasteiger partial charge in [-0.3, -0.25) is 0 Å². The van der Waals surface area contributed by atoms with Crippen molar-refractivity contribution in [3.05, 3.63) is 180 Å². The van der Waals surface area contributed by atoms with Crippen molar-refractivity contribution in [3.8, 4) is 11.1 Å². The number of furan rings is 1. The Morgan fingerprint density at radius 2 is 0.694 bits per heavy atom. The summed E-state index contributed by atoms with van der Waals surface area (Å²) in [6.07, 6.45) is 0. The van der Waals surface area contributed by atoms with Crippen LogP contribution >= 0.6 is 0 Å². The largest absolute Gasteiger partial charge is 0.456 e. The number of benzene rings is 7. The van der Waals surface area contributed by atoms with Gasteiger partial charge in [0.15, 0.2) is 0 Å². The maximum Gasteiger partial charge on any atom is 0.135 e. The Bertz CT molecular complexity index is 2390. The van der Waals surface area contributed by atoms with Gasteiger partial charge in [0, 0.05) is 44.9 Å². The molecule has 238 valence electrons. The van der Waals surface area contributed by atoms with E-state index in [-0.39, 0.29) is 0 Å². The van der Waals surface area contributed by atoms with Gasteiger partial charge in [0.05, 0.1) is 0 Å². The third kappa shape index (κ3) is 5.96. The van der Waals surface area contributed by atoms with E-state index in [0.29, 0.717) is 0 Å². The third-order valence-corrected chi connectivity index (χ3v) is 9.24. The summed E-state index contributed by atoms with van der Waals surface area (Å²) in [4.78, 5) is 4.66. The van der Waals surface area contributed by atoms with Crippen LogP contribution in [0.2, 0.25) is 0 Å². The van der Waals surface area contributed by atoms with Crippen LogP contribution in [0.5, 0.6) is 0 Å². The standard InChI is InChI=1S/C46H38N2O/c1-31-14-16-35(17-15-31)36-18-20-37(21-19-36)47(38-11-5-8-32(2)26-38)41-22-24-45-43(29-41)44-30-42(23-25-46(44)49-45)48(39-12-6-9-33(3)27-39)40-13-7-10-34(4)28-40/h5-30H,1-4H3. The van der Waals surface area contributed by atoms with Crippen molar-refractivity contribution in [2.24, 2.45) is 0 Å². The number of rotatable bonds is 7. The Morgan fingerprint density at radius 1 is 0.327 bits per heavy atom. The second kappa shape index (κ2) is 12.5. The topological polar surface area (TPSA) is 19.6 Å². The first kappa shape index (κ1) is 30.3. The average molecular weight is 635 g/mol. The molecule has 0 unspecified atom stereocenters. The summed E-state index contributed by atoms with van der Waals surface area (Å²) in [6.45, 7) is 8.55. The van der Waals surface area contributed by atoms with E-state index in [1.165, 1.54) is 33.4 Å². The molecule has 49 heavy (non-hydrogen) atoms. The van der Waals surface area contributed by atoms with Crippen molar-refractivity contribution < 1.29 is 4.42 Å². The maximum atomic E-state index is 6.44. The number of hydrogen-bond donors (Lipinski definition) is 0. The van der Waals surface area contributed by atoms with Crippen molar-refractivity contribution in [3.63, 3.8) is 0 Å². The van der Waals surface area contributed by atoms with E-state index < -0.39 is 0 Å². The van der Waals surface area contributed by atoms with E-state index in [1.54, 1.807) is 0 Å². The van der Waals surface area contributed by atoms with E-state index in [2.05, 4.69) is 195 Å². The summed E-state index contributed by atoms with van der Waals surface area (Å²) in [6, 6.07) is 56.7. The lowest BCUT2D eigenvalue weighted by molar-refractivity contribution is 0.669. The summed E-state index contributed by atoms with van der Waals surface area (Å²) in [5, 5.41) is 2.16. The van der Waals surface area contributed by atoms with Gasteiger partial charge in [-0.15, -0.1) is 0 Å². The highest BCUT2D eigenvalue weighted by Crippen LogP contribution is 2.42. The second-order valence-electron chi connectivity index (χ2n) is 13.1. The van der Waals surface area contributed by atoms with Gasteiger partial charge in [-0.2, -0.15) is 0 Å². The molecule has 1 heterocycles. The van der Waals surface area contributed by atoms with E-state index in [4.69, 9.17) is 4.42 Å². The minimum atomic E-state index is 0.868. The molecule has 0 saturated carbocycles. The molecule has 0 atom stereocenters. The van der Waals surface area contributed by atoms with Crippen LogP contribution < -0.4 is 9.80 Å². The van der Waals surface area contributed by atoms with Crippen molar-refractivity contribution in [2.75, 3.05) is 9.80 Å². The molecule has 1 aromatic heterocycles. The summed E-state index contributed by atoms with van der Waals surface area (Å²) >= 11 is 0. The molecule has 8 aromatic rings. The summed E-state index contributed by atoms with van der Waals surface area (Å²) in [7, 11) is 0. The average Bonchev–Trinajstić information content (AvgIpc) is 3.47. The van der Waals surface area contributed by atoms with E-state index in [9.17, 15) is 0 Å². The summed E-state index contributed by atoms with van der Waals surface area (Å²) < 4.78 is 6.44. The van der Waals surface area contributed by atoms with Crippen LogP contribution in [0.3, 0.4) is 0 Å². The first-order chi connectivity index (χ1) is 23.9. The molecule has 0 N–H and O–H groups in total. The van der Waals surface area contributed by atoms with Gasteiger partial charge in [-0.25, -0.2) is 0 Å². The Hall–Kier alpha value is -6.06. The SMILES string of the molecule is Cc1ccc(-c2ccc(N(c3cccc(C)c3)c3ccc4oc5ccc(N(c6cccc(C)c6)c6cccc(C)c6)cc5c4c3)cc2)cc1. The predicted molar refractivity (Wildman–Crippen MR) is 207 cm³/mol. The molecule has 0 amide bonds. The molecule has 0 spiro atoms. The number of aryl methyl sites for hydroxylation is 4. The summed E-state index contributed by atoms with van der Waals surface area (Å²) in [5.74, 6) is 0. The highest BCUT2D eigenvalue weighted by atomic mass is 16.3. The molecule has 7 aromatic carbocycles. The normalized spacial score (nSPS) is 11.3.